The van der Waals surface area contributed by atoms with Gasteiger partial charge in [-0.25, -0.2) is 0 Å². The molecule has 0 unspecified atom stereocenters. The lowest BCUT2D eigenvalue weighted by Gasteiger charge is -2.11. The number of nitrogens with two attached hydrogens (primary N) is 1. The smallest absolute Gasteiger partial charge is 0.162 e. The van der Waals surface area contributed by atoms with Crippen molar-refractivity contribution in [2.75, 3.05) is 12.8 Å². The molecule has 0 aliphatic heterocycles. The highest BCUT2D eigenvalue weighted by molar-refractivity contribution is 6.33. The van der Waals surface area contributed by atoms with Gasteiger partial charge in [0.1, 0.15) is 6.61 Å². The van der Waals surface area contributed by atoms with Crippen LogP contribution in [0.4, 0.5) is 5.69 Å². The molecule has 2 N–H and O–H groups in total. The molecule has 5 heteroatoms. The minimum absolute atomic E-state index is 0.337. The van der Waals surface area contributed by atoms with E-state index in [2.05, 4.69) is 0 Å². The summed E-state index contributed by atoms with van der Waals surface area (Å²) in [5.41, 5.74) is 7.67. The van der Waals surface area contributed by atoms with Crippen LogP contribution in [-0.4, -0.2) is 7.11 Å². The molecule has 0 atom stereocenters. The Bertz CT molecular complexity index is 665. The van der Waals surface area contributed by atoms with Gasteiger partial charge in [0.15, 0.2) is 11.5 Å². The number of methoxy groups -OCH3 is 1. The normalized spacial score (nSPS) is 9.85. The van der Waals surface area contributed by atoms with Crippen LogP contribution in [0, 0.1) is 11.3 Å². The summed E-state index contributed by atoms with van der Waals surface area (Å²) in [5, 5.41) is 9.36. The summed E-state index contributed by atoms with van der Waals surface area (Å²) < 4.78 is 10.9. The summed E-state index contributed by atoms with van der Waals surface area (Å²) in [6, 6.07) is 12.4. The van der Waals surface area contributed by atoms with Gasteiger partial charge in [-0.1, -0.05) is 17.7 Å². The second kappa shape index (κ2) is 6.18. The van der Waals surface area contributed by atoms with E-state index < -0.39 is 0 Å². The highest BCUT2D eigenvalue weighted by atomic mass is 35.5. The lowest BCUT2D eigenvalue weighted by Crippen LogP contribution is -1.99. The van der Waals surface area contributed by atoms with E-state index in [1.807, 2.05) is 12.1 Å². The second-order valence-electron chi connectivity index (χ2n) is 4.12. The lowest BCUT2D eigenvalue weighted by atomic mass is 10.2. The van der Waals surface area contributed by atoms with E-state index in [1.54, 1.807) is 30.3 Å². The van der Waals surface area contributed by atoms with Crippen molar-refractivity contribution in [3.63, 3.8) is 0 Å². The summed E-state index contributed by atoms with van der Waals surface area (Å²) in [6.45, 7) is 0.337. The molecule has 0 bridgehead atoms. The van der Waals surface area contributed by atoms with E-state index in [0.717, 1.165) is 5.56 Å². The van der Waals surface area contributed by atoms with Crippen molar-refractivity contribution in [1.82, 2.24) is 0 Å². The number of nitriles is 1. The molecule has 0 saturated carbocycles. The monoisotopic (exact) mass is 288 g/mol. The summed E-state index contributed by atoms with van der Waals surface area (Å²) in [4.78, 5) is 0. The fraction of sp³-hybridized carbons (Fsp3) is 0.133. The maximum atomic E-state index is 8.84. The molecule has 0 aliphatic rings. The van der Waals surface area contributed by atoms with Gasteiger partial charge in [0.25, 0.3) is 0 Å². The third-order valence-corrected chi connectivity index (χ3v) is 3.09. The molecule has 0 heterocycles. The van der Waals surface area contributed by atoms with Crippen LogP contribution in [0.25, 0.3) is 0 Å². The largest absolute Gasteiger partial charge is 0.493 e. The number of hydrogen-bond donors (Lipinski definition) is 1. The molecule has 20 heavy (non-hydrogen) atoms. The van der Waals surface area contributed by atoms with Crippen molar-refractivity contribution >= 4 is 17.3 Å². The van der Waals surface area contributed by atoms with Crippen LogP contribution in [-0.2, 0) is 6.61 Å². The van der Waals surface area contributed by atoms with Gasteiger partial charge in [-0.2, -0.15) is 5.26 Å². The molecular weight excluding hydrogens is 276 g/mol. The van der Waals surface area contributed by atoms with E-state index >= 15 is 0 Å². The molecule has 2 rings (SSSR count). The minimum Gasteiger partial charge on any atom is -0.493 e. The fourth-order valence-electron chi connectivity index (χ4n) is 1.70. The first-order valence-electron chi connectivity index (χ1n) is 5.89. The van der Waals surface area contributed by atoms with E-state index in [-0.39, 0.29) is 0 Å². The Morgan fingerprint density at radius 2 is 2.00 bits per heavy atom. The van der Waals surface area contributed by atoms with Crippen molar-refractivity contribution in [2.24, 2.45) is 0 Å². The third-order valence-electron chi connectivity index (χ3n) is 2.75. The summed E-state index contributed by atoms with van der Waals surface area (Å²) in [5.74, 6) is 1.09. The first-order valence-corrected chi connectivity index (χ1v) is 6.26. The van der Waals surface area contributed by atoms with Gasteiger partial charge in [-0.3, -0.25) is 0 Å². The lowest BCUT2D eigenvalue weighted by molar-refractivity contribution is 0.284. The van der Waals surface area contributed by atoms with E-state index in [9.17, 15) is 0 Å². The van der Waals surface area contributed by atoms with Gasteiger partial charge in [0.2, 0.25) is 0 Å². The van der Waals surface area contributed by atoms with Gasteiger partial charge >= 0.3 is 0 Å². The molecule has 0 fully saturated rings. The first-order chi connectivity index (χ1) is 9.63. The molecule has 0 aliphatic carbocycles. The molecular formula is C15H13ClN2O2. The Balaban J connectivity index is 2.14. The number of rotatable bonds is 4. The van der Waals surface area contributed by atoms with E-state index in [4.69, 9.17) is 32.1 Å². The van der Waals surface area contributed by atoms with Crippen molar-refractivity contribution in [3.05, 3.63) is 52.5 Å². The van der Waals surface area contributed by atoms with Gasteiger partial charge in [-0.15, -0.1) is 0 Å². The standard InChI is InChI=1S/C15H13ClN2O2/c1-19-15-7-10(8-17)3-5-14(15)20-9-11-2-4-12(16)13(18)6-11/h2-7H,9,18H2,1H3. The number of hydrogen-bond acceptors (Lipinski definition) is 4. The van der Waals surface area contributed by atoms with Crippen molar-refractivity contribution in [3.8, 4) is 17.6 Å². The summed E-state index contributed by atoms with van der Waals surface area (Å²) in [6.07, 6.45) is 0. The zero-order chi connectivity index (χ0) is 14.5. The number of nitrogens with zero attached hydrogens (tertiary/aromatic N) is 1. The molecule has 2 aromatic carbocycles. The van der Waals surface area contributed by atoms with Crippen molar-refractivity contribution < 1.29 is 9.47 Å². The predicted molar refractivity (Wildman–Crippen MR) is 77.9 cm³/mol. The molecule has 0 radical (unpaired) electrons. The summed E-state index contributed by atoms with van der Waals surface area (Å²) >= 11 is 5.86. The van der Waals surface area contributed by atoms with Crippen LogP contribution < -0.4 is 15.2 Å². The van der Waals surface area contributed by atoms with Crippen LogP contribution in [0.1, 0.15) is 11.1 Å². The van der Waals surface area contributed by atoms with Crippen LogP contribution >= 0.6 is 11.6 Å². The molecule has 0 saturated heterocycles. The number of anilines is 1. The van der Waals surface area contributed by atoms with E-state index in [0.29, 0.717) is 34.4 Å². The molecule has 0 spiro atoms. The predicted octanol–water partition coefficient (Wildman–Crippen LogP) is 3.38. The molecule has 0 amide bonds. The quantitative estimate of drug-likeness (QED) is 0.876. The van der Waals surface area contributed by atoms with Gasteiger partial charge in [0.05, 0.1) is 29.5 Å². The van der Waals surface area contributed by atoms with Gasteiger partial charge < -0.3 is 15.2 Å². The van der Waals surface area contributed by atoms with Crippen molar-refractivity contribution in [2.45, 2.75) is 6.61 Å². The van der Waals surface area contributed by atoms with Crippen LogP contribution in [0.5, 0.6) is 11.5 Å². The van der Waals surface area contributed by atoms with Crippen molar-refractivity contribution in [1.29, 1.82) is 5.26 Å². The highest BCUT2D eigenvalue weighted by Crippen LogP contribution is 2.29. The topological polar surface area (TPSA) is 68.3 Å². The first kappa shape index (κ1) is 14.0. The zero-order valence-electron chi connectivity index (χ0n) is 10.9. The van der Waals surface area contributed by atoms with Gasteiger partial charge in [0, 0.05) is 6.07 Å². The van der Waals surface area contributed by atoms with E-state index in [1.165, 1.54) is 7.11 Å². The molecule has 2 aromatic rings. The Hall–Kier alpha value is -2.38. The molecule has 4 nitrogen and oxygen atoms in total. The average molecular weight is 289 g/mol. The fourth-order valence-corrected chi connectivity index (χ4v) is 1.82. The summed E-state index contributed by atoms with van der Waals surface area (Å²) in [7, 11) is 1.53. The maximum absolute atomic E-state index is 8.84. The van der Waals surface area contributed by atoms with Crippen LogP contribution in [0.15, 0.2) is 36.4 Å². The Labute approximate surface area is 122 Å². The SMILES string of the molecule is COc1cc(C#N)ccc1OCc1ccc(Cl)c(N)c1. The maximum Gasteiger partial charge on any atom is 0.162 e. The second-order valence-corrected chi connectivity index (χ2v) is 4.53. The average Bonchev–Trinajstić information content (AvgIpc) is 2.48. The number of halogens is 1. The number of benzene rings is 2. The highest BCUT2D eigenvalue weighted by Gasteiger charge is 2.06. The minimum atomic E-state index is 0.337. The number of ether oxygens (including phenoxy) is 2. The number of nitrogen functional groups attached to an aromatic ring is 1. The third kappa shape index (κ3) is 3.14. The van der Waals surface area contributed by atoms with Crippen LogP contribution in [0.3, 0.4) is 0 Å². The Morgan fingerprint density at radius 3 is 2.65 bits per heavy atom. The van der Waals surface area contributed by atoms with Gasteiger partial charge in [-0.05, 0) is 29.8 Å². The Morgan fingerprint density at radius 1 is 1.20 bits per heavy atom. The van der Waals surface area contributed by atoms with Crippen LogP contribution in [0.2, 0.25) is 5.02 Å². The Kier molecular flexibility index (Phi) is 4.34. The molecule has 0 aromatic heterocycles. The molecule has 102 valence electrons. The zero-order valence-corrected chi connectivity index (χ0v) is 11.6.